The molecule has 6 nitrogen and oxygen atoms in total. The van der Waals surface area contributed by atoms with Gasteiger partial charge in [0.25, 0.3) is 17.4 Å². The van der Waals surface area contributed by atoms with Crippen LogP contribution >= 0.6 is 0 Å². The van der Waals surface area contributed by atoms with E-state index in [0.717, 1.165) is 38.0 Å². The van der Waals surface area contributed by atoms with E-state index in [1.807, 2.05) is 38.1 Å². The Bertz CT molecular complexity index is 1200. The van der Waals surface area contributed by atoms with Crippen LogP contribution < -0.4 is 4.90 Å². The van der Waals surface area contributed by atoms with Crippen molar-refractivity contribution in [3.05, 3.63) is 65.2 Å². The molecule has 4 rings (SSSR count). The Kier molecular flexibility index (Phi) is 9.36. The highest BCUT2D eigenvalue weighted by Gasteiger charge is 2.62. The molecule has 0 unspecified atom stereocenters. The first kappa shape index (κ1) is 30.9. The van der Waals surface area contributed by atoms with Gasteiger partial charge in [0.05, 0.1) is 0 Å². The first-order valence-corrected chi connectivity index (χ1v) is 14.6. The maximum atomic E-state index is 14.2. The van der Waals surface area contributed by atoms with E-state index in [4.69, 9.17) is 0 Å². The highest BCUT2D eigenvalue weighted by atomic mass is 19.4. The van der Waals surface area contributed by atoms with Crippen molar-refractivity contribution < 1.29 is 27.9 Å². The predicted octanol–water partition coefficient (Wildman–Crippen LogP) is 5.81. The molecule has 2 aromatic carbocycles. The molecule has 9 heteroatoms. The van der Waals surface area contributed by atoms with E-state index in [9.17, 15) is 27.9 Å². The topological polar surface area (TPSA) is 64.1 Å². The molecule has 1 atom stereocenters. The van der Waals surface area contributed by atoms with Gasteiger partial charge >= 0.3 is 6.18 Å². The number of anilines is 1. The number of benzene rings is 2. The SMILES string of the molecule is CC(C)c1cccc([C@@](O)(C(=O)N2CCC(CC3CCN(c4ccc(C(=O)N(C)C)cc4)CC3)CC2)C(F)(F)F)c1. The molecule has 2 aliphatic rings. The summed E-state index contributed by atoms with van der Waals surface area (Å²) in [5.41, 5.74) is -1.58. The zero-order chi connectivity index (χ0) is 29.9. The fourth-order valence-electron chi connectivity index (χ4n) is 6.10. The summed E-state index contributed by atoms with van der Waals surface area (Å²) in [5, 5.41) is 10.9. The van der Waals surface area contributed by atoms with Crippen LogP contribution in [0.3, 0.4) is 0 Å². The van der Waals surface area contributed by atoms with E-state index in [1.165, 1.54) is 23.1 Å². The Morgan fingerprint density at radius 1 is 0.927 bits per heavy atom. The van der Waals surface area contributed by atoms with E-state index in [1.54, 1.807) is 25.1 Å². The maximum Gasteiger partial charge on any atom is 0.430 e. The van der Waals surface area contributed by atoms with Gasteiger partial charge in [0.2, 0.25) is 0 Å². The van der Waals surface area contributed by atoms with Crippen molar-refractivity contribution in [2.24, 2.45) is 11.8 Å². The number of piperidine rings is 2. The number of halogens is 3. The summed E-state index contributed by atoms with van der Waals surface area (Å²) in [7, 11) is 3.47. The third-order valence-corrected chi connectivity index (χ3v) is 8.76. The molecule has 2 saturated heterocycles. The summed E-state index contributed by atoms with van der Waals surface area (Å²) in [6.45, 7) is 5.96. The van der Waals surface area contributed by atoms with Crippen LogP contribution in [0, 0.1) is 11.8 Å². The molecule has 0 aliphatic carbocycles. The van der Waals surface area contributed by atoms with Gasteiger partial charge in [0, 0.05) is 57.1 Å². The summed E-state index contributed by atoms with van der Waals surface area (Å²) in [4.78, 5) is 30.5. The van der Waals surface area contributed by atoms with Crippen LogP contribution in [0.4, 0.5) is 18.9 Å². The van der Waals surface area contributed by atoms with Crippen LogP contribution in [-0.2, 0) is 10.4 Å². The summed E-state index contributed by atoms with van der Waals surface area (Å²) in [6.07, 6.45) is -0.825. The van der Waals surface area contributed by atoms with E-state index in [0.29, 0.717) is 35.8 Å². The molecule has 0 spiro atoms. The molecule has 224 valence electrons. The molecule has 2 aromatic rings. The molecule has 0 saturated carbocycles. The summed E-state index contributed by atoms with van der Waals surface area (Å²) in [6, 6.07) is 13.4. The van der Waals surface area contributed by atoms with Crippen molar-refractivity contribution in [3.8, 4) is 0 Å². The third kappa shape index (κ3) is 6.71. The summed E-state index contributed by atoms with van der Waals surface area (Å²) in [5.74, 6) is -0.471. The number of likely N-dealkylation sites (tertiary alicyclic amines) is 1. The van der Waals surface area contributed by atoms with Crippen LogP contribution in [0.2, 0.25) is 0 Å². The maximum absolute atomic E-state index is 14.2. The van der Waals surface area contributed by atoms with Crippen molar-refractivity contribution in [1.29, 1.82) is 0 Å². The van der Waals surface area contributed by atoms with Crippen molar-refractivity contribution in [1.82, 2.24) is 9.80 Å². The highest BCUT2D eigenvalue weighted by Crippen LogP contribution is 2.42. The van der Waals surface area contributed by atoms with E-state index in [2.05, 4.69) is 4.90 Å². The minimum Gasteiger partial charge on any atom is -0.372 e. The Morgan fingerprint density at radius 3 is 2.00 bits per heavy atom. The van der Waals surface area contributed by atoms with E-state index >= 15 is 0 Å². The van der Waals surface area contributed by atoms with Crippen LogP contribution in [0.15, 0.2) is 48.5 Å². The molecular formula is C32H42F3N3O3. The smallest absolute Gasteiger partial charge is 0.372 e. The molecule has 41 heavy (non-hydrogen) atoms. The van der Waals surface area contributed by atoms with Gasteiger partial charge in [0.1, 0.15) is 0 Å². The Hall–Kier alpha value is -3.07. The number of carbonyl (C=O) groups is 2. The second kappa shape index (κ2) is 12.4. The van der Waals surface area contributed by atoms with Crippen LogP contribution in [0.5, 0.6) is 0 Å². The normalized spacial score (nSPS) is 18.9. The minimum atomic E-state index is -5.13. The predicted molar refractivity (Wildman–Crippen MR) is 154 cm³/mol. The van der Waals surface area contributed by atoms with Crippen molar-refractivity contribution >= 4 is 17.5 Å². The zero-order valence-corrected chi connectivity index (χ0v) is 24.5. The number of aliphatic hydroxyl groups is 1. The monoisotopic (exact) mass is 573 g/mol. The lowest BCUT2D eigenvalue weighted by Crippen LogP contribution is -2.57. The average Bonchev–Trinajstić information content (AvgIpc) is 2.96. The molecule has 0 aromatic heterocycles. The van der Waals surface area contributed by atoms with Crippen LogP contribution in [-0.4, -0.2) is 73.2 Å². The van der Waals surface area contributed by atoms with Crippen molar-refractivity contribution in [3.63, 3.8) is 0 Å². The number of hydrogen-bond acceptors (Lipinski definition) is 4. The van der Waals surface area contributed by atoms with Crippen molar-refractivity contribution in [2.75, 3.05) is 45.2 Å². The first-order chi connectivity index (χ1) is 19.3. The van der Waals surface area contributed by atoms with E-state index < -0.39 is 23.2 Å². The molecule has 2 fully saturated rings. The lowest BCUT2D eigenvalue weighted by molar-refractivity contribution is -0.262. The second-order valence-electron chi connectivity index (χ2n) is 12.1. The second-order valence-corrected chi connectivity index (χ2v) is 12.1. The molecule has 0 bridgehead atoms. The van der Waals surface area contributed by atoms with Gasteiger partial charge < -0.3 is 19.8 Å². The Morgan fingerprint density at radius 2 is 1.49 bits per heavy atom. The number of nitrogens with zero attached hydrogens (tertiary/aromatic N) is 3. The lowest BCUT2D eigenvalue weighted by atomic mass is 9.82. The molecule has 2 amide bonds. The van der Waals surface area contributed by atoms with Gasteiger partial charge in [-0.2, -0.15) is 13.2 Å². The highest BCUT2D eigenvalue weighted by molar-refractivity contribution is 5.94. The average molecular weight is 574 g/mol. The fourth-order valence-corrected chi connectivity index (χ4v) is 6.10. The number of hydrogen-bond donors (Lipinski definition) is 1. The van der Waals surface area contributed by atoms with Gasteiger partial charge in [-0.1, -0.05) is 38.1 Å². The Balaban J connectivity index is 1.31. The van der Waals surface area contributed by atoms with Gasteiger partial charge in [-0.05, 0) is 79.7 Å². The largest absolute Gasteiger partial charge is 0.430 e. The van der Waals surface area contributed by atoms with Crippen LogP contribution in [0.25, 0.3) is 0 Å². The fraction of sp³-hybridized carbons (Fsp3) is 0.562. The van der Waals surface area contributed by atoms with Gasteiger partial charge in [-0.25, -0.2) is 0 Å². The number of rotatable bonds is 7. The van der Waals surface area contributed by atoms with Crippen LogP contribution in [0.1, 0.15) is 73.4 Å². The standard InChI is InChI=1S/C32H42F3N3O3/c1-22(2)26-6-5-7-27(21-26)31(41,32(33,34)35)30(40)38-18-14-24(15-19-38)20-23-12-16-37(17-13-23)28-10-8-25(9-11-28)29(39)36(3)4/h5-11,21-24,41H,12-20H2,1-4H3/t31-/m1/s1. The van der Waals surface area contributed by atoms with Crippen molar-refractivity contribution in [2.45, 2.75) is 63.6 Å². The molecule has 0 radical (unpaired) electrons. The molecule has 2 aliphatic heterocycles. The van der Waals surface area contributed by atoms with Gasteiger partial charge in [-0.3, -0.25) is 9.59 Å². The Labute approximate surface area is 241 Å². The molecule has 1 N–H and O–H groups in total. The van der Waals surface area contributed by atoms with E-state index in [-0.39, 0.29) is 24.9 Å². The first-order valence-electron chi connectivity index (χ1n) is 14.6. The molecule has 2 heterocycles. The number of amides is 2. The lowest BCUT2D eigenvalue weighted by Gasteiger charge is -2.40. The number of alkyl halides is 3. The molecular weight excluding hydrogens is 531 g/mol. The van der Waals surface area contributed by atoms with Gasteiger partial charge in [-0.15, -0.1) is 0 Å². The quantitative estimate of drug-likeness (QED) is 0.454. The number of carbonyl (C=O) groups excluding carboxylic acids is 2. The zero-order valence-electron chi connectivity index (χ0n) is 24.5. The third-order valence-electron chi connectivity index (χ3n) is 8.76. The summed E-state index contributed by atoms with van der Waals surface area (Å²) < 4.78 is 42.7. The van der Waals surface area contributed by atoms with Gasteiger partial charge in [0.15, 0.2) is 0 Å². The summed E-state index contributed by atoms with van der Waals surface area (Å²) >= 11 is 0. The minimum absolute atomic E-state index is 0.0218.